The van der Waals surface area contributed by atoms with E-state index in [-0.39, 0.29) is 5.91 Å². The highest BCUT2D eigenvalue weighted by molar-refractivity contribution is 6.07. The Morgan fingerprint density at radius 3 is 2.53 bits per heavy atom. The largest absolute Gasteiger partial charge is 0.497 e. The standard InChI is InChI=1S/C24H22N4O2/c1-16-14-27-23(15-26-16)22-13-20(19-5-3-4-6-21(19)28-22)24(29)25-12-11-17-7-9-18(30-2)10-8-17/h3-10,13-15H,11-12H2,1-2H3,(H,25,29). The third-order valence-corrected chi connectivity index (χ3v) is 4.86. The second-order valence-corrected chi connectivity index (χ2v) is 6.97. The molecule has 1 amide bonds. The van der Waals surface area contributed by atoms with Crippen LogP contribution < -0.4 is 10.1 Å². The maximum absolute atomic E-state index is 13.0. The summed E-state index contributed by atoms with van der Waals surface area (Å²) in [5, 5.41) is 3.83. The van der Waals surface area contributed by atoms with E-state index in [9.17, 15) is 4.79 Å². The van der Waals surface area contributed by atoms with Crippen LogP contribution in [0, 0.1) is 6.92 Å². The van der Waals surface area contributed by atoms with Gasteiger partial charge in [-0.15, -0.1) is 0 Å². The first-order chi connectivity index (χ1) is 14.6. The second kappa shape index (κ2) is 8.69. The molecule has 0 aliphatic rings. The highest BCUT2D eigenvalue weighted by Crippen LogP contribution is 2.23. The molecule has 0 aliphatic carbocycles. The van der Waals surface area contributed by atoms with Crippen LogP contribution in [0.15, 0.2) is 67.0 Å². The van der Waals surface area contributed by atoms with Gasteiger partial charge in [-0.3, -0.25) is 14.8 Å². The van der Waals surface area contributed by atoms with Gasteiger partial charge in [0, 0.05) is 18.1 Å². The zero-order chi connectivity index (χ0) is 20.9. The minimum atomic E-state index is -0.136. The van der Waals surface area contributed by atoms with Gasteiger partial charge in [0.15, 0.2) is 0 Å². The van der Waals surface area contributed by atoms with Crippen molar-refractivity contribution in [1.29, 1.82) is 0 Å². The van der Waals surface area contributed by atoms with Gasteiger partial charge in [0.05, 0.1) is 35.8 Å². The van der Waals surface area contributed by atoms with Crippen molar-refractivity contribution in [2.24, 2.45) is 0 Å². The maximum atomic E-state index is 13.0. The van der Waals surface area contributed by atoms with E-state index < -0.39 is 0 Å². The fourth-order valence-electron chi connectivity index (χ4n) is 3.23. The minimum absolute atomic E-state index is 0.136. The van der Waals surface area contributed by atoms with E-state index in [1.54, 1.807) is 25.6 Å². The molecule has 2 heterocycles. The number of carbonyl (C=O) groups is 1. The van der Waals surface area contributed by atoms with E-state index in [0.29, 0.717) is 23.5 Å². The summed E-state index contributed by atoms with van der Waals surface area (Å²) in [6, 6.07) is 17.2. The van der Waals surface area contributed by atoms with E-state index in [1.165, 1.54) is 0 Å². The first-order valence-corrected chi connectivity index (χ1v) is 9.74. The smallest absolute Gasteiger partial charge is 0.252 e. The van der Waals surface area contributed by atoms with E-state index in [4.69, 9.17) is 4.74 Å². The molecule has 2 aromatic carbocycles. The summed E-state index contributed by atoms with van der Waals surface area (Å²) < 4.78 is 5.18. The molecule has 0 fully saturated rings. The number of hydrogen-bond acceptors (Lipinski definition) is 5. The number of carbonyl (C=O) groups excluding carboxylic acids is 1. The predicted molar refractivity (Wildman–Crippen MR) is 117 cm³/mol. The zero-order valence-corrected chi connectivity index (χ0v) is 16.9. The van der Waals surface area contributed by atoms with Crippen molar-refractivity contribution in [1.82, 2.24) is 20.3 Å². The van der Waals surface area contributed by atoms with E-state index >= 15 is 0 Å². The number of hydrogen-bond donors (Lipinski definition) is 1. The zero-order valence-electron chi connectivity index (χ0n) is 16.9. The van der Waals surface area contributed by atoms with Gasteiger partial charge in [-0.05, 0) is 43.2 Å². The molecule has 0 bridgehead atoms. The number of ether oxygens (including phenoxy) is 1. The molecule has 4 rings (SSSR count). The lowest BCUT2D eigenvalue weighted by Crippen LogP contribution is -2.26. The third kappa shape index (κ3) is 4.27. The van der Waals surface area contributed by atoms with Gasteiger partial charge in [-0.25, -0.2) is 4.98 Å². The molecule has 150 valence electrons. The summed E-state index contributed by atoms with van der Waals surface area (Å²) in [6.07, 6.45) is 4.10. The Hall–Kier alpha value is -3.80. The first-order valence-electron chi connectivity index (χ1n) is 9.74. The Morgan fingerprint density at radius 1 is 1.00 bits per heavy atom. The van der Waals surface area contributed by atoms with E-state index in [1.807, 2.05) is 55.5 Å². The molecule has 2 aromatic heterocycles. The third-order valence-electron chi connectivity index (χ3n) is 4.86. The molecular formula is C24H22N4O2. The van der Waals surface area contributed by atoms with Gasteiger partial charge >= 0.3 is 0 Å². The number of methoxy groups -OCH3 is 1. The Bertz CT molecular complexity index is 1170. The molecule has 6 nitrogen and oxygen atoms in total. The Morgan fingerprint density at radius 2 is 1.80 bits per heavy atom. The summed E-state index contributed by atoms with van der Waals surface area (Å²) >= 11 is 0. The van der Waals surface area contributed by atoms with Crippen LogP contribution in [-0.4, -0.2) is 34.5 Å². The van der Waals surface area contributed by atoms with Crippen molar-refractivity contribution >= 4 is 16.8 Å². The van der Waals surface area contributed by atoms with Crippen LogP contribution in [0.1, 0.15) is 21.6 Å². The van der Waals surface area contributed by atoms with Crippen LogP contribution >= 0.6 is 0 Å². The highest BCUT2D eigenvalue weighted by atomic mass is 16.5. The van der Waals surface area contributed by atoms with Gasteiger partial charge in [-0.2, -0.15) is 0 Å². The van der Waals surface area contributed by atoms with E-state index in [2.05, 4.69) is 20.3 Å². The topological polar surface area (TPSA) is 77.0 Å². The Balaban J connectivity index is 1.56. The number of rotatable bonds is 6. The SMILES string of the molecule is COc1ccc(CCNC(=O)c2cc(-c3cnc(C)cn3)nc3ccccc23)cc1. The number of pyridine rings is 1. The lowest BCUT2D eigenvalue weighted by atomic mass is 10.1. The van der Waals surface area contributed by atoms with Gasteiger partial charge in [0.25, 0.3) is 5.91 Å². The van der Waals surface area contributed by atoms with Gasteiger partial charge in [-0.1, -0.05) is 30.3 Å². The summed E-state index contributed by atoms with van der Waals surface area (Å²) in [6.45, 7) is 2.41. The van der Waals surface area contributed by atoms with Crippen LogP contribution in [0.4, 0.5) is 0 Å². The summed E-state index contributed by atoms with van der Waals surface area (Å²) in [5.74, 6) is 0.682. The fraction of sp³-hybridized carbons (Fsp3) is 0.167. The Kier molecular flexibility index (Phi) is 5.66. The number of aromatic nitrogens is 3. The van der Waals surface area contributed by atoms with Crippen LogP contribution in [0.25, 0.3) is 22.3 Å². The number of fused-ring (bicyclic) bond motifs is 1. The van der Waals surface area contributed by atoms with Crippen molar-refractivity contribution in [2.45, 2.75) is 13.3 Å². The molecule has 0 spiro atoms. The molecule has 0 radical (unpaired) electrons. The van der Waals surface area contributed by atoms with Gasteiger partial charge in [0.2, 0.25) is 0 Å². The molecule has 0 aliphatic heterocycles. The lowest BCUT2D eigenvalue weighted by Gasteiger charge is -2.10. The molecule has 0 saturated heterocycles. The van der Waals surface area contributed by atoms with Gasteiger partial charge < -0.3 is 10.1 Å². The minimum Gasteiger partial charge on any atom is -0.497 e. The fourth-order valence-corrected chi connectivity index (χ4v) is 3.23. The number of benzene rings is 2. The number of para-hydroxylation sites is 1. The molecule has 0 atom stereocenters. The number of nitrogens with zero attached hydrogens (tertiary/aromatic N) is 3. The number of nitrogens with one attached hydrogen (secondary N) is 1. The van der Waals surface area contributed by atoms with Crippen molar-refractivity contribution in [3.05, 3.63) is 83.8 Å². The van der Waals surface area contributed by atoms with Crippen LogP contribution in [0.3, 0.4) is 0 Å². The van der Waals surface area contributed by atoms with E-state index in [0.717, 1.165) is 34.3 Å². The Labute approximate surface area is 175 Å². The van der Waals surface area contributed by atoms with Crippen molar-refractivity contribution in [3.63, 3.8) is 0 Å². The first kappa shape index (κ1) is 19.5. The molecule has 0 saturated carbocycles. The van der Waals surface area contributed by atoms with Crippen molar-refractivity contribution in [3.8, 4) is 17.1 Å². The average Bonchev–Trinajstić information content (AvgIpc) is 2.79. The normalized spacial score (nSPS) is 10.7. The molecule has 4 aromatic rings. The molecule has 0 unspecified atom stereocenters. The molecule has 1 N–H and O–H groups in total. The second-order valence-electron chi connectivity index (χ2n) is 6.97. The molecular weight excluding hydrogens is 376 g/mol. The monoisotopic (exact) mass is 398 g/mol. The number of amides is 1. The molecule has 30 heavy (non-hydrogen) atoms. The van der Waals surface area contributed by atoms with Crippen molar-refractivity contribution in [2.75, 3.05) is 13.7 Å². The average molecular weight is 398 g/mol. The summed E-state index contributed by atoms with van der Waals surface area (Å²) in [4.78, 5) is 26.4. The van der Waals surface area contributed by atoms with Gasteiger partial charge in [0.1, 0.15) is 11.4 Å². The quantitative estimate of drug-likeness (QED) is 0.532. The summed E-state index contributed by atoms with van der Waals surface area (Å²) in [5.41, 5.74) is 4.55. The maximum Gasteiger partial charge on any atom is 0.252 e. The number of aryl methyl sites for hydroxylation is 1. The molecule has 6 heteroatoms. The predicted octanol–water partition coefficient (Wildman–Crippen LogP) is 3.98. The lowest BCUT2D eigenvalue weighted by molar-refractivity contribution is 0.0955. The summed E-state index contributed by atoms with van der Waals surface area (Å²) in [7, 11) is 1.64. The van der Waals surface area contributed by atoms with Crippen LogP contribution in [0.2, 0.25) is 0 Å². The van der Waals surface area contributed by atoms with Crippen LogP contribution in [0.5, 0.6) is 5.75 Å². The highest BCUT2D eigenvalue weighted by Gasteiger charge is 2.14. The van der Waals surface area contributed by atoms with Crippen LogP contribution in [-0.2, 0) is 6.42 Å². The van der Waals surface area contributed by atoms with Crippen molar-refractivity contribution < 1.29 is 9.53 Å².